The summed E-state index contributed by atoms with van der Waals surface area (Å²) in [6.45, 7) is 13.6. The van der Waals surface area contributed by atoms with E-state index in [0.717, 1.165) is 32.5 Å². The minimum Gasteiger partial charge on any atom is -0.375 e. The molecule has 1 aliphatic rings. The van der Waals surface area contributed by atoms with E-state index in [0.29, 0.717) is 12.1 Å². The zero-order valence-corrected chi connectivity index (χ0v) is 14.8. The molecule has 1 fully saturated rings. The van der Waals surface area contributed by atoms with Crippen LogP contribution in [0.1, 0.15) is 51.6 Å². The molecule has 1 N–H and O–H groups in total. The molecule has 0 bridgehead atoms. The second-order valence-electron chi connectivity index (χ2n) is 6.30. The molecule has 1 aliphatic heterocycles. The van der Waals surface area contributed by atoms with Gasteiger partial charge in [0.15, 0.2) is 5.13 Å². The van der Waals surface area contributed by atoms with Gasteiger partial charge in [-0.25, -0.2) is 4.98 Å². The van der Waals surface area contributed by atoms with E-state index in [9.17, 15) is 0 Å². The maximum atomic E-state index is 5.73. The third kappa shape index (κ3) is 4.41. The van der Waals surface area contributed by atoms with Crippen molar-refractivity contribution in [2.45, 2.75) is 72.2 Å². The summed E-state index contributed by atoms with van der Waals surface area (Å²) < 4.78 is 5.73. The van der Waals surface area contributed by atoms with Crippen LogP contribution in [0.4, 0.5) is 5.13 Å². The molecule has 2 unspecified atom stereocenters. The summed E-state index contributed by atoms with van der Waals surface area (Å²) in [5.41, 5.74) is 1.27. The molecular weight excluding hydrogens is 282 g/mol. The average Bonchev–Trinajstić information content (AvgIpc) is 2.83. The zero-order chi connectivity index (χ0) is 15.4. The number of nitrogens with zero attached hydrogens (tertiary/aromatic N) is 2. The molecule has 0 saturated carbocycles. The van der Waals surface area contributed by atoms with Crippen molar-refractivity contribution in [2.24, 2.45) is 0 Å². The summed E-state index contributed by atoms with van der Waals surface area (Å²) >= 11 is 1.85. The zero-order valence-electron chi connectivity index (χ0n) is 14.0. The second-order valence-corrected chi connectivity index (χ2v) is 7.36. The minimum absolute atomic E-state index is 0.289. The lowest BCUT2D eigenvalue weighted by molar-refractivity contribution is 0.0343. The van der Waals surface area contributed by atoms with Crippen LogP contribution in [0.5, 0.6) is 0 Å². The lowest BCUT2D eigenvalue weighted by Crippen LogP contribution is -2.47. The summed E-state index contributed by atoms with van der Waals surface area (Å²) in [5.74, 6) is 0. The van der Waals surface area contributed by atoms with Gasteiger partial charge in [0, 0.05) is 24.0 Å². The van der Waals surface area contributed by atoms with Crippen LogP contribution in [-0.4, -0.2) is 36.3 Å². The molecule has 2 heterocycles. The predicted octanol–water partition coefficient (Wildman–Crippen LogP) is 3.21. The highest BCUT2D eigenvalue weighted by Gasteiger charge is 2.26. The number of nitrogens with one attached hydrogen (secondary N) is 1. The Hall–Kier alpha value is -0.650. The lowest BCUT2D eigenvalue weighted by atomic mass is 10.2. The van der Waals surface area contributed by atoms with Gasteiger partial charge in [0.1, 0.15) is 0 Å². The van der Waals surface area contributed by atoms with Gasteiger partial charge in [-0.1, -0.05) is 27.2 Å². The summed E-state index contributed by atoms with van der Waals surface area (Å²) in [4.78, 5) is 8.74. The third-order valence-corrected chi connectivity index (χ3v) is 4.91. The number of aryl methyl sites for hydroxylation is 1. The predicted molar refractivity (Wildman–Crippen MR) is 90.3 cm³/mol. The highest BCUT2D eigenvalue weighted by Crippen LogP contribution is 2.30. The fourth-order valence-corrected chi connectivity index (χ4v) is 3.70. The Bertz CT molecular complexity index is 447. The fourth-order valence-electron chi connectivity index (χ4n) is 2.53. The number of rotatable bonds is 6. The summed E-state index contributed by atoms with van der Waals surface area (Å²) in [7, 11) is 0. The Kier molecular flexibility index (Phi) is 6.02. The SMILES string of the molecule is CCCc1nc(N2CC(C)OCC2C)sc1CNC(C)C. The van der Waals surface area contributed by atoms with Gasteiger partial charge in [0.25, 0.3) is 0 Å². The highest BCUT2D eigenvalue weighted by molar-refractivity contribution is 7.15. The van der Waals surface area contributed by atoms with Gasteiger partial charge in [0.05, 0.1) is 24.4 Å². The van der Waals surface area contributed by atoms with E-state index in [1.807, 2.05) is 11.3 Å². The first-order chi connectivity index (χ1) is 10.0. The van der Waals surface area contributed by atoms with Crippen molar-refractivity contribution >= 4 is 16.5 Å². The van der Waals surface area contributed by atoms with Crippen LogP contribution < -0.4 is 10.2 Å². The van der Waals surface area contributed by atoms with E-state index < -0.39 is 0 Å². The van der Waals surface area contributed by atoms with Crippen molar-refractivity contribution in [1.82, 2.24) is 10.3 Å². The van der Waals surface area contributed by atoms with Crippen molar-refractivity contribution in [1.29, 1.82) is 0 Å². The summed E-state index contributed by atoms with van der Waals surface area (Å²) in [5, 5.41) is 4.69. The van der Waals surface area contributed by atoms with Gasteiger partial charge < -0.3 is 15.0 Å². The number of hydrogen-bond donors (Lipinski definition) is 1. The van der Waals surface area contributed by atoms with Gasteiger partial charge >= 0.3 is 0 Å². The van der Waals surface area contributed by atoms with Crippen LogP contribution in [0.15, 0.2) is 0 Å². The lowest BCUT2D eigenvalue weighted by Gasteiger charge is -2.36. The first-order valence-corrected chi connectivity index (χ1v) is 8.93. The van der Waals surface area contributed by atoms with Gasteiger partial charge in [0.2, 0.25) is 0 Å². The largest absolute Gasteiger partial charge is 0.375 e. The van der Waals surface area contributed by atoms with Crippen molar-refractivity contribution < 1.29 is 4.74 Å². The normalized spacial score (nSPS) is 23.0. The number of thiazole rings is 1. The monoisotopic (exact) mass is 311 g/mol. The molecule has 2 atom stereocenters. The van der Waals surface area contributed by atoms with Gasteiger partial charge in [-0.05, 0) is 20.3 Å². The summed E-state index contributed by atoms with van der Waals surface area (Å²) in [6.07, 6.45) is 2.50. The number of aromatic nitrogens is 1. The van der Waals surface area contributed by atoms with Crippen LogP contribution >= 0.6 is 11.3 Å². The van der Waals surface area contributed by atoms with Crippen LogP contribution in [-0.2, 0) is 17.7 Å². The topological polar surface area (TPSA) is 37.4 Å². The molecule has 0 radical (unpaired) electrons. The maximum absolute atomic E-state index is 5.73. The van der Waals surface area contributed by atoms with Gasteiger partial charge in [-0.2, -0.15) is 0 Å². The maximum Gasteiger partial charge on any atom is 0.186 e. The molecule has 1 saturated heterocycles. The van der Waals surface area contributed by atoms with Crippen LogP contribution in [0.2, 0.25) is 0 Å². The van der Waals surface area contributed by atoms with E-state index in [-0.39, 0.29) is 6.10 Å². The Morgan fingerprint density at radius 1 is 1.43 bits per heavy atom. The second kappa shape index (κ2) is 7.56. The molecule has 1 aromatic rings. The summed E-state index contributed by atoms with van der Waals surface area (Å²) in [6, 6.07) is 0.917. The van der Waals surface area contributed by atoms with Crippen LogP contribution in [0.3, 0.4) is 0 Å². The van der Waals surface area contributed by atoms with Crippen molar-refractivity contribution in [2.75, 3.05) is 18.1 Å². The average molecular weight is 311 g/mol. The molecule has 0 aromatic carbocycles. The Morgan fingerprint density at radius 2 is 2.19 bits per heavy atom. The van der Waals surface area contributed by atoms with E-state index in [4.69, 9.17) is 9.72 Å². The standard InChI is InChI=1S/C16H29N3OS/c1-6-7-14-15(8-17-11(2)3)21-16(18-14)19-9-13(5)20-10-12(19)4/h11-13,17H,6-10H2,1-5H3. The molecular formula is C16H29N3OS. The Balaban J connectivity index is 2.17. The molecule has 0 amide bonds. The molecule has 0 spiro atoms. The molecule has 120 valence electrons. The highest BCUT2D eigenvalue weighted by atomic mass is 32.1. The number of anilines is 1. The van der Waals surface area contributed by atoms with Gasteiger partial charge in [-0.15, -0.1) is 11.3 Å². The molecule has 0 aliphatic carbocycles. The van der Waals surface area contributed by atoms with Crippen LogP contribution in [0, 0.1) is 0 Å². The van der Waals surface area contributed by atoms with Crippen molar-refractivity contribution in [3.05, 3.63) is 10.6 Å². The minimum atomic E-state index is 0.289. The number of ether oxygens (including phenoxy) is 1. The van der Waals surface area contributed by atoms with Gasteiger partial charge in [-0.3, -0.25) is 0 Å². The third-order valence-electron chi connectivity index (χ3n) is 3.78. The van der Waals surface area contributed by atoms with E-state index in [1.54, 1.807) is 0 Å². The van der Waals surface area contributed by atoms with Crippen molar-refractivity contribution in [3.63, 3.8) is 0 Å². The van der Waals surface area contributed by atoms with Crippen LogP contribution in [0.25, 0.3) is 0 Å². The van der Waals surface area contributed by atoms with E-state index in [1.165, 1.54) is 15.7 Å². The number of hydrogen-bond acceptors (Lipinski definition) is 5. The molecule has 21 heavy (non-hydrogen) atoms. The quantitative estimate of drug-likeness (QED) is 0.875. The first-order valence-electron chi connectivity index (χ1n) is 8.11. The molecule has 5 heteroatoms. The Morgan fingerprint density at radius 3 is 2.86 bits per heavy atom. The molecule has 1 aromatic heterocycles. The molecule has 4 nitrogen and oxygen atoms in total. The molecule has 2 rings (SSSR count). The first kappa shape index (κ1) is 16.7. The van der Waals surface area contributed by atoms with Crippen molar-refractivity contribution in [3.8, 4) is 0 Å². The number of morpholine rings is 1. The smallest absolute Gasteiger partial charge is 0.186 e. The van der Waals surface area contributed by atoms with E-state index >= 15 is 0 Å². The fraction of sp³-hybridized carbons (Fsp3) is 0.812. The Labute approximate surface area is 132 Å². The van der Waals surface area contributed by atoms with E-state index in [2.05, 4.69) is 44.8 Å².